The minimum atomic E-state index is -0.0890. The molecular weight excluding hydrogens is 328 g/mol. The lowest BCUT2D eigenvalue weighted by Crippen LogP contribution is -2.31. The van der Waals surface area contributed by atoms with Crippen LogP contribution < -0.4 is 5.32 Å². The number of hydrogen-bond acceptors (Lipinski definition) is 3. The van der Waals surface area contributed by atoms with Crippen LogP contribution in [0.15, 0.2) is 36.5 Å². The van der Waals surface area contributed by atoms with Gasteiger partial charge < -0.3 is 10.2 Å². The Balaban J connectivity index is 1.54. The van der Waals surface area contributed by atoms with Gasteiger partial charge in [-0.1, -0.05) is 37.3 Å². The highest BCUT2D eigenvalue weighted by Crippen LogP contribution is 2.13. The van der Waals surface area contributed by atoms with Crippen molar-refractivity contribution in [2.24, 2.45) is 0 Å². The maximum absolute atomic E-state index is 12.5. The van der Waals surface area contributed by atoms with Gasteiger partial charge in [0.15, 0.2) is 0 Å². The lowest BCUT2D eigenvalue weighted by molar-refractivity contribution is -0.127. The number of amides is 2. The number of nitrogens with one attached hydrogen (secondary N) is 1. The molecule has 1 aromatic carbocycles. The summed E-state index contributed by atoms with van der Waals surface area (Å²) >= 11 is 0. The standard InChI is InChI=1S/C20H26N4O2/c1-2-18-17(14-22-24(18)15-16-8-4-3-5-9-16)20(26)21-11-7-13-23-12-6-10-19(23)25/h3-5,8-9,14H,2,6-7,10-13,15H2,1H3,(H,21,26). The Hall–Kier alpha value is -2.63. The molecule has 1 aromatic heterocycles. The van der Waals surface area contributed by atoms with E-state index in [0.29, 0.717) is 31.6 Å². The van der Waals surface area contributed by atoms with Crippen molar-refractivity contribution in [1.29, 1.82) is 0 Å². The smallest absolute Gasteiger partial charge is 0.254 e. The number of hydrogen-bond donors (Lipinski definition) is 1. The van der Waals surface area contributed by atoms with Crippen LogP contribution in [0.3, 0.4) is 0 Å². The summed E-state index contributed by atoms with van der Waals surface area (Å²) in [4.78, 5) is 26.0. The first kappa shape index (κ1) is 18.2. The average Bonchev–Trinajstić information content (AvgIpc) is 3.25. The quantitative estimate of drug-likeness (QED) is 0.739. The fourth-order valence-electron chi connectivity index (χ4n) is 3.37. The predicted octanol–water partition coefficient (Wildman–Crippen LogP) is 2.24. The fraction of sp³-hybridized carbons (Fsp3) is 0.450. The zero-order valence-electron chi connectivity index (χ0n) is 15.3. The molecule has 1 aliphatic heterocycles. The van der Waals surface area contributed by atoms with Crippen molar-refractivity contribution in [1.82, 2.24) is 20.0 Å². The summed E-state index contributed by atoms with van der Waals surface area (Å²) in [7, 11) is 0. The van der Waals surface area contributed by atoms with Crippen LogP contribution in [0.2, 0.25) is 0 Å². The predicted molar refractivity (Wildman–Crippen MR) is 99.9 cm³/mol. The van der Waals surface area contributed by atoms with E-state index in [9.17, 15) is 9.59 Å². The van der Waals surface area contributed by atoms with Crippen LogP contribution in [-0.4, -0.2) is 46.1 Å². The van der Waals surface area contributed by atoms with E-state index in [2.05, 4.69) is 22.5 Å². The molecule has 0 bridgehead atoms. The molecule has 138 valence electrons. The van der Waals surface area contributed by atoms with Gasteiger partial charge in [-0.25, -0.2) is 0 Å². The molecule has 1 saturated heterocycles. The summed E-state index contributed by atoms with van der Waals surface area (Å²) in [6, 6.07) is 10.1. The van der Waals surface area contributed by atoms with E-state index >= 15 is 0 Å². The molecule has 0 radical (unpaired) electrons. The summed E-state index contributed by atoms with van der Waals surface area (Å²) in [5.74, 6) is 0.140. The maximum Gasteiger partial charge on any atom is 0.254 e. The van der Waals surface area contributed by atoms with Crippen LogP contribution in [0.25, 0.3) is 0 Å². The van der Waals surface area contributed by atoms with E-state index in [-0.39, 0.29) is 11.8 Å². The summed E-state index contributed by atoms with van der Waals surface area (Å²) < 4.78 is 1.90. The third-order valence-corrected chi connectivity index (χ3v) is 4.77. The molecule has 1 N–H and O–H groups in total. The van der Waals surface area contributed by atoms with Crippen LogP contribution in [0, 0.1) is 0 Å². The third kappa shape index (κ3) is 4.31. The van der Waals surface area contributed by atoms with Crippen molar-refractivity contribution in [2.75, 3.05) is 19.6 Å². The van der Waals surface area contributed by atoms with Crippen LogP contribution >= 0.6 is 0 Å². The fourth-order valence-corrected chi connectivity index (χ4v) is 3.37. The van der Waals surface area contributed by atoms with Crippen molar-refractivity contribution < 1.29 is 9.59 Å². The normalized spacial score (nSPS) is 14.0. The van der Waals surface area contributed by atoms with E-state index in [0.717, 1.165) is 37.1 Å². The molecule has 0 atom stereocenters. The summed E-state index contributed by atoms with van der Waals surface area (Å²) in [6.45, 7) is 4.82. The number of benzene rings is 1. The molecule has 0 aliphatic carbocycles. The molecule has 3 rings (SSSR count). The Bertz CT molecular complexity index is 754. The van der Waals surface area contributed by atoms with E-state index < -0.39 is 0 Å². The highest BCUT2D eigenvalue weighted by atomic mass is 16.2. The van der Waals surface area contributed by atoms with Gasteiger partial charge in [0.25, 0.3) is 5.91 Å². The largest absolute Gasteiger partial charge is 0.352 e. The molecule has 0 spiro atoms. The first-order valence-corrected chi connectivity index (χ1v) is 9.33. The van der Waals surface area contributed by atoms with Crippen molar-refractivity contribution in [3.63, 3.8) is 0 Å². The van der Waals surface area contributed by atoms with Crippen molar-refractivity contribution in [3.8, 4) is 0 Å². The first-order chi connectivity index (χ1) is 12.7. The second-order valence-corrected chi connectivity index (χ2v) is 6.60. The molecule has 6 nitrogen and oxygen atoms in total. The topological polar surface area (TPSA) is 67.2 Å². The summed E-state index contributed by atoms with van der Waals surface area (Å²) in [6.07, 6.45) is 4.79. The molecule has 6 heteroatoms. The van der Waals surface area contributed by atoms with Gasteiger partial charge in [0, 0.05) is 26.1 Å². The minimum absolute atomic E-state index is 0.0890. The zero-order chi connectivity index (χ0) is 18.4. The number of carbonyl (C=O) groups excluding carboxylic acids is 2. The molecule has 1 aliphatic rings. The molecule has 1 fully saturated rings. The molecule has 2 amide bonds. The Kier molecular flexibility index (Phi) is 6.04. The molecule has 0 saturated carbocycles. The number of likely N-dealkylation sites (tertiary alicyclic amines) is 1. The second-order valence-electron chi connectivity index (χ2n) is 6.60. The zero-order valence-corrected chi connectivity index (χ0v) is 15.3. The number of rotatable bonds is 8. The number of aromatic nitrogens is 2. The molecule has 2 heterocycles. The monoisotopic (exact) mass is 354 g/mol. The molecule has 26 heavy (non-hydrogen) atoms. The SMILES string of the molecule is CCc1c(C(=O)NCCCN2CCCC2=O)cnn1Cc1ccccc1. The summed E-state index contributed by atoms with van der Waals surface area (Å²) in [5.41, 5.74) is 2.74. The third-order valence-electron chi connectivity index (χ3n) is 4.77. The van der Waals surface area contributed by atoms with Gasteiger partial charge in [-0.05, 0) is 24.8 Å². The summed E-state index contributed by atoms with van der Waals surface area (Å²) in [5, 5.41) is 7.37. The van der Waals surface area contributed by atoms with Crippen LogP contribution in [-0.2, 0) is 17.8 Å². The van der Waals surface area contributed by atoms with Gasteiger partial charge >= 0.3 is 0 Å². The van der Waals surface area contributed by atoms with Crippen molar-refractivity contribution >= 4 is 11.8 Å². The van der Waals surface area contributed by atoms with Gasteiger partial charge in [0.2, 0.25) is 5.91 Å². The highest BCUT2D eigenvalue weighted by Gasteiger charge is 2.20. The highest BCUT2D eigenvalue weighted by molar-refractivity contribution is 5.95. The van der Waals surface area contributed by atoms with Gasteiger partial charge in [0.05, 0.1) is 24.0 Å². The van der Waals surface area contributed by atoms with Gasteiger partial charge in [0.1, 0.15) is 0 Å². The second kappa shape index (κ2) is 8.65. The number of nitrogens with zero attached hydrogens (tertiary/aromatic N) is 3. The average molecular weight is 354 g/mol. The van der Waals surface area contributed by atoms with Gasteiger partial charge in [-0.2, -0.15) is 5.10 Å². The number of carbonyl (C=O) groups is 2. The van der Waals surface area contributed by atoms with E-state index in [4.69, 9.17) is 0 Å². The van der Waals surface area contributed by atoms with Crippen LogP contribution in [0.5, 0.6) is 0 Å². The van der Waals surface area contributed by atoms with Crippen molar-refractivity contribution in [3.05, 3.63) is 53.3 Å². The lowest BCUT2D eigenvalue weighted by atomic mass is 10.1. The van der Waals surface area contributed by atoms with E-state index in [1.54, 1.807) is 6.20 Å². The van der Waals surface area contributed by atoms with Crippen LogP contribution in [0.4, 0.5) is 0 Å². The molecule has 2 aromatic rings. The van der Waals surface area contributed by atoms with E-state index in [1.165, 1.54) is 0 Å². The van der Waals surface area contributed by atoms with Gasteiger partial charge in [-0.15, -0.1) is 0 Å². The maximum atomic E-state index is 12.5. The van der Waals surface area contributed by atoms with Gasteiger partial charge in [-0.3, -0.25) is 14.3 Å². The van der Waals surface area contributed by atoms with E-state index in [1.807, 2.05) is 34.7 Å². The first-order valence-electron chi connectivity index (χ1n) is 9.33. The van der Waals surface area contributed by atoms with Crippen molar-refractivity contribution in [2.45, 2.75) is 39.2 Å². The molecular formula is C20H26N4O2. The minimum Gasteiger partial charge on any atom is -0.352 e. The molecule has 0 unspecified atom stereocenters. The Morgan fingerprint density at radius 3 is 2.77 bits per heavy atom. The Morgan fingerprint density at radius 2 is 2.08 bits per heavy atom. The lowest BCUT2D eigenvalue weighted by Gasteiger charge is -2.15. The van der Waals surface area contributed by atoms with Crippen LogP contribution in [0.1, 0.15) is 47.8 Å². The Morgan fingerprint density at radius 1 is 1.27 bits per heavy atom. The Labute approximate surface area is 154 Å².